The highest BCUT2D eigenvalue weighted by Crippen LogP contribution is 2.34. The topological polar surface area (TPSA) is 66.4 Å². The molecular weight excluding hydrogens is 392 g/mol. The Morgan fingerprint density at radius 1 is 1.46 bits per heavy atom. The van der Waals surface area contributed by atoms with Crippen LogP contribution >= 0.6 is 15.9 Å². The number of nitrogens with zero attached hydrogens (tertiary/aromatic N) is 1. The Kier molecular flexibility index (Phi) is 7.52. The van der Waals surface area contributed by atoms with Crippen molar-refractivity contribution in [1.82, 2.24) is 9.71 Å². The van der Waals surface area contributed by atoms with Crippen LogP contribution in [0.15, 0.2) is 16.7 Å². The van der Waals surface area contributed by atoms with E-state index in [9.17, 15) is 4.55 Å². The Hall–Kier alpha value is -0.180. The lowest BCUT2D eigenvalue weighted by Gasteiger charge is -2.34. The van der Waals surface area contributed by atoms with Gasteiger partial charge in [0.25, 0.3) is 0 Å². The zero-order chi connectivity index (χ0) is 17.7. The van der Waals surface area contributed by atoms with Crippen molar-refractivity contribution in [2.24, 2.45) is 5.92 Å². The van der Waals surface area contributed by atoms with Crippen molar-refractivity contribution in [3.8, 4) is 0 Å². The number of aromatic nitrogens is 1. The van der Waals surface area contributed by atoms with Crippen LogP contribution in [-0.2, 0) is 27.4 Å². The van der Waals surface area contributed by atoms with E-state index in [1.165, 1.54) is 0 Å². The monoisotopic (exact) mass is 418 g/mol. The number of methoxy groups -OCH3 is 1. The van der Waals surface area contributed by atoms with Crippen LogP contribution in [0.4, 0.5) is 0 Å². The maximum atomic E-state index is 12.7. The zero-order valence-corrected chi connectivity index (χ0v) is 17.2. The van der Waals surface area contributed by atoms with E-state index in [1.54, 1.807) is 13.3 Å². The van der Waals surface area contributed by atoms with E-state index in [1.807, 2.05) is 26.8 Å². The average molecular weight is 419 g/mol. The number of rotatable bonds is 6. The maximum absolute atomic E-state index is 12.7. The van der Waals surface area contributed by atoms with Gasteiger partial charge in [-0.2, -0.15) is 0 Å². The molecule has 0 aliphatic carbocycles. The normalized spacial score (nSPS) is 19.2. The Balaban J connectivity index is 2.34. The lowest BCUT2D eigenvalue weighted by molar-refractivity contribution is 0.0555. The van der Waals surface area contributed by atoms with Crippen LogP contribution in [0.25, 0.3) is 0 Å². The molecule has 7 heteroatoms. The fourth-order valence-corrected chi connectivity index (χ4v) is 4.03. The molecule has 2 atom stereocenters. The van der Waals surface area contributed by atoms with Crippen molar-refractivity contribution in [3.63, 3.8) is 0 Å². The molecule has 5 nitrogen and oxygen atoms in total. The third-order valence-electron chi connectivity index (χ3n) is 4.09. The molecule has 2 rings (SSSR count). The second kappa shape index (κ2) is 8.96. The van der Waals surface area contributed by atoms with Crippen molar-refractivity contribution < 1.29 is 14.0 Å². The molecule has 0 unspecified atom stereocenters. The zero-order valence-electron chi connectivity index (χ0n) is 14.8. The molecule has 1 aliphatic heterocycles. The highest BCUT2D eigenvalue weighted by atomic mass is 79.9. The van der Waals surface area contributed by atoms with Crippen molar-refractivity contribution in [3.05, 3.63) is 28.0 Å². The molecule has 0 aromatic carbocycles. The lowest BCUT2D eigenvalue weighted by atomic mass is 9.88. The molecule has 24 heavy (non-hydrogen) atoms. The quantitative estimate of drug-likeness (QED) is 0.715. The minimum absolute atomic E-state index is 0.0767. The first-order chi connectivity index (χ1) is 11.3. The van der Waals surface area contributed by atoms with Crippen LogP contribution in [0.3, 0.4) is 0 Å². The van der Waals surface area contributed by atoms with Crippen molar-refractivity contribution >= 4 is 27.3 Å². The molecule has 1 N–H and O–H groups in total. The second-order valence-corrected chi connectivity index (χ2v) is 9.97. The molecule has 0 radical (unpaired) electrons. The van der Waals surface area contributed by atoms with Gasteiger partial charge in [-0.1, -0.05) is 0 Å². The van der Waals surface area contributed by atoms with Crippen LogP contribution in [0, 0.1) is 5.92 Å². The fraction of sp³-hybridized carbons (Fsp3) is 0.706. The highest BCUT2D eigenvalue weighted by Gasteiger charge is 2.36. The Labute approximate surface area is 156 Å². The predicted molar refractivity (Wildman–Crippen MR) is 100.0 cm³/mol. The maximum Gasteiger partial charge on any atom is 0.136 e. The van der Waals surface area contributed by atoms with E-state index in [4.69, 9.17) is 9.47 Å². The number of hydrogen-bond donors (Lipinski definition) is 1. The van der Waals surface area contributed by atoms with Gasteiger partial charge in [0, 0.05) is 47.9 Å². The Bertz CT molecular complexity index is 533. The molecule has 0 amide bonds. The summed E-state index contributed by atoms with van der Waals surface area (Å²) in [4.78, 5) is 4.64. The van der Waals surface area contributed by atoms with Gasteiger partial charge in [-0.25, -0.2) is 0 Å². The summed E-state index contributed by atoms with van der Waals surface area (Å²) in [5.41, 5.74) is 1.94. The van der Waals surface area contributed by atoms with Crippen molar-refractivity contribution in [2.45, 2.75) is 51.0 Å². The number of ether oxygens (including phenoxy) is 2. The van der Waals surface area contributed by atoms with E-state index in [-0.39, 0.29) is 10.8 Å². The van der Waals surface area contributed by atoms with Gasteiger partial charge in [-0.05, 0) is 61.5 Å². The molecule has 1 aliphatic rings. The molecule has 0 spiro atoms. The standard InChI is InChI=1S/C17H27BrN2O3S/c1-17(2,3)24(21)20-16(12-5-7-23-8-6-12)15-13(11-22-4)9-14(18)10-19-15/h9-10,12,16,20H,5-8,11H2,1-4H3/t16-,24-/m1/s1. The molecule has 1 fully saturated rings. The fourth-order valence-electron chi connectivity index (χ4n) is 2.76. The number of nitrogens with one attached hydrogen (secondary N) is 1. The third-order valence-corrected chi connectivity index (χ3v) is 6.10. The van der Waals surface area contributed by atoms with E-state index in [0.29, 0.717) is 12.5 Å². The summed E-state index contributed by atoms with van der Waals surface area (Å²) in [6.45, 7) is 7.88. The molecule has 2 heterocycles. The van der Waals surface area contributed by atoms with Gasteiger partial charge in [-0.3, -0.25) is 4.98 Å². The number of hydrogen-bond acceptors (Lipinski definition) is 5. The third kappa shape index (κ3) is 5.41. The summed E-state index contributed by atoms with van der Waals surface area (Å²) in [6.07, 6.45) is 3.66. The Morgan fingerprint density at radius 3 is 2.71 bits per heavy atom. The van der Waals surface area contributed by atoms with Gasteiger partial charge in [-0.15, -0.1) is 4.72 Å². The first-order valence-corrected chi connectivity index (χ1v) is 10.2. The molecule has 136 valence electrons. The SMILES string of the molecule is COCc1cc(Br)cnc1[C@H](N[S@+]([O-])C(C)(C)C)C1CCOCC1. The number of halogens is 1. The first kappa shape index (κ1) is 20.1. The minimum atomic E-state index is -1.17. The van der Waals surface area contributed by atoms with E-state index in [0.717, 1.165) is 41.8 Å². The first-order valence-electron chi connectivity index (χ1n) is 8.22. The molecule has 1 saturated heterocycles. The van der Waals surface area contributed by atoms with Gasteiger partial charge in [0.1, 0.15) is 4.75 Å². The minimum Gasteiger partial charge on any atom is -0.598 e. The Morgan fingerprint density at radius 2 is 2.12 bits per heavy atom. The summed E-state index contributed by atoms with van der Waals surface area (Å²) >= 11 is 2.31. The summed E-state index contributed by atoms with van der Waals surface area (Å²) in [5, 5.41) is 0. The van der Waals surface area contributed by atoms with Crippen LogP contribution in [0.1, 0.15) is 50.9 Å². The van der Waals surface area contributed by atoms with Gasteiger partial charge in [0.05, 0.1) is 18.3 Å². The van der Waals surface area contributed by atoms with Crippen molar-refractivity contribution in [2.75, 3.05) is 20.3 Å². The van der Waals surface area contributed by atoms with Crippen LogP contribution in [0.5, 0.6) is 0 Å². The van der Waals surface area contributed by atoms with E-state index in [2.05, 4.69) is 25.6 Å². The molecule has 0 saturated carbocycles. The lowest BCUT2D eigenvalue weighted by Crippen LogP contribution is -2.44. The predicted octanol–water partition coefficient (Wildman–Crippen LogP) is 3.51. The van der Waals surface area contributed by atoms with Crippen molar-refractivity contribution in [1.29, 1.82) is 0 Å². The number of pyridine rings is 1. The van der Waals surface area contributed by atoms with Gasteiger partial charge < -0.3 is 14.0 Å². The summed E-state index contributed by atoms with van der Waals surface area (Å²) in [6, 6.07) is 1.95. The molecule has 0 bridgehead atoms. The second-order valence-electron chi connectivity index (χ2n) is 7.06. The molecular formula is C17H27BrN2O3S. The average Bonchev–Trinajstić information content (AvgIpc) is 2.53. The highest BCUT2D eigenvalue weighted by molar-refractivity contribution is 9.10. The van der Waals surface area contributed by atoms with Gasteiger partial charge in [0.15, 0.2) is 0 Å². The molecule has 1 aromatic rings. The van der Waals surface area contributed by atoms with E-state index < -0.39 is 11.4 Å². The van der Waals surface area contributed by atoms with Gasteiger partial charge in [0.2, 0.25) is 0 Å². The summed E-state index contributed by atoms with van der Waals surface area (Å²) in [7, 11) is 1.68. The largest absolute Gasteiger partial charge is 0.598 e. The molecule has 1 aromatic heterocycles. The van der Waals surface area contributed by atoms with Crippen LogP contribution in [0.2, 0.25) is 0 Å². The smallest absolute Gasteiger partial charge is 0.136 e. The summed E-state index contributed by atoms with van der Waals surface area (Å²) in [5.74, 6) is 0.342. The van der Waals surface area contributed by atoms with Gasteiger partial charge >= 0.3 is 0 Å². The van der Waals surface area contributed by atoms with E-state index >= 15 is 0 Å². The summed E-state index contributed by atoms with van der Waals surface area (Å²) < 4.78 is 27.5. The van der Waals surface area contributed by atoms with Crippen LogP contribution in [-0.4, -0.2) is 34.6 Å². The van der Waals surface area contributed by atoms with Crippen LogP contribution < -0.4 is 4.72 Å².